The van der Waals surface area contributed by atoms with Crippen molar-refractivity contribution in [3.05, 3.63) is 39.3 Å². The molecule has 0 aliphatic heterocycles. The van der Waals surface area contributed by atoms with Crippen LogP contribution in [0.25, 0.3) is 0 Å². The molecule has 0 saturated heterocycles. The van der Waals surface area contributed by atoms with Gasteiger partial charge in [0.25, 0.3) is 0 Å². The molecule has 4 heteroatoms. The molecule has 1 rings (SSSR count). The van der Waals surface area contributed by atoms with Gasteiger partial charge >= 0.3 is 0 Å². The third kappa shape index (κ3) is 5.67. The highest BCUT2D eigenvalue weighted by Gasteiger charge is 2.13. The first-order chi connectivity index (χ1) is 8.73. The molecule has 0 fully saturated rings. The summed E-state index contributed by atoms with van der Waals surface area (Å²) in [7, 11) is 0. The van der Waals surface area contributed by atoms with Crippen LogP contribution in [0.5, 0.6) is 5.75 Å². The van der Waals surface area contributed by atoms with Crippen LogP contribution in [0, 0.1) is 0 Å². The topological polar surface area (TPSA) is 21.3 Å². The van der Waals surface area contributed by atoms with Crippen molar-refractivity contribution in [2.24, 2.45) is 0 Å². The molecule has 0 aliphatic rings. The Labute approximate surface area is 132 Å². The van der Waals surface area contributed by atoms with E-state index in [9.17, 15) is 0 Å². The predicted octanol–water partition coefficient (Wildman–Crippen LogP) is 5.05. The Balaban J connectivity index is 2.87. The average molecular weight is 391 g/mol. The first-order valence-corrected chi connectivity index (χ1v) is 7.83. The summed E-state index contributed by atoms with van der Waals surface area (Å²) < 4.78 is 7.68. The van der Waals surface area contributed by atoms with Gasteiger partial charge in [0.2, 0.25) is 0 Å². The summed E-state index contributed by atoms with van der Waals surface area (Å²) in [4.78, 5) is 0. The SMILES string of the molecule is C=CC(C)Oc1c(Br)cc(CNC(C)(C)C)cc1Br. The van der Waals surface area contributed by atoms with Gasteiger partial charge in [-0.05, 0) is 77.3 Å². The Morgan fingerprint density at radius 2 is 1.84 bits per heavy atom. The van der Waals surface area contributed by atoms with E-state index < -0.39 is 0 Å². The molecule has 19 heavy (non-hydrogen) atoms. The second kappa shape index (κ2) is 6.91. The maximum Gasteiger partial charge on any atom is 0.148 e. The molecule has 0 heterocycles. The lowest BCUT2D eigenvalue weighted by molar-refractivity contribution is 0.266. The van der Waals surface area contributed by atoms with E-state index >= 15 is 0 Å². The highest BCUT2D eigenvalue weighted by atomic mass is 79.9. The summed E-state index contributed by atoms with van der Waals surface area (Å²) in [6, 6.07) is 4.16. The minimum Gasteiger partial charge on any atom is -0.484 e. The Morgan fingerprint density at radius 3 is 2.26 bits per heavy atom. The second-order valence-electron chi connectivity index (χ2n) is 5.55. The number of rotatable bonds is 5. The first-order valence-electron chi connectivity index (χ1n) is 6.25. The summed E-state index contributed by atoms with van der Waals surface area (Å²) in [6.45, 7) is 13.0. The minimum atomic E-state index is -0.0221. The normalized spacial score (nSPS) is 13.2. The van der Waals surface area contributed by atoms with Crippen LogP contribution in [-0.2, 0) is 6.54 Å². The molecule has 0 bridgehead atoms. The Morgan fingerprint density at radius 1 is 1.32 bits per heavy atom. The lowest BCUT2D eigenvalue weighted by Gasteiger charge is -2.21. The standard InChI is InChI=1S/C15H21Br2NO/c1-6-10(2)19-14-12(16)7-11(8-13(14)17)9-18-15(3,4)5/h6-8,10,18H,1,9H2,2-5H3. The summed E-state index contributed by atoms with van der Waals surface area (Å²) in [6.07, 6.45) is 1.75. The monoisotopic (exact) mass is 389 g/mol. The highest BCUT2D eigenvalue weighted by molar-refractivity contribution is 9.11. The summed E-state index contributed by atoms with van der Waals surface area (Å²) in [5, 5.41) is 3.47. The van der Waals surface area contributed by atoms with E-state index in [1.54, 1.807) is 6.08 Å². The molecular weight excluding hydrogens is 370 g/mol. The molecule has 106 valence electrons. The number of hydrogen-bond acceptors (Lipinski definition) is 2. The van der Waals surface area contributed by atoms with Crippen LogP contribution in [0.3, 0.4) is 0 Å². The molecular formula is C15H21Br2NO. The van der Waals surface area contributed by atoms with E-state index in [1.165, 1.54) is 5.56 Å². The van der Waals surface area contributed by atoms with Gasteiger partial charge in [-0.3, -0.25) is 0 Å². The smallest absolute Gasteiger partial charge is 0.148 e. The fourth-order valence-electron chi connectivity index (χ4n) is 1.43. The van der Waals surface area contributed by atoms with Crippen LogP contribution < -0.4 is 10.1 Å². The minimum absolute atomic E-state index is 0.0221. The molecule has 1 unspecified atom stereocenters. The zero-order valence-corrected chi connectivity index (χ0v) is 15.1. The molecule has 1 atom stereocenters. The second-order valence-corrected chi connectivity index (χ2v) is 7.26. The van der Waals surface area contributed by atoms with E-state index in [1.807, 2.05) is 6.92 Å². The number of halogens is 2. The van der Waals surface area contributed by atoms with Gasteiger partial charge in [0.1, 0.15) is 11.9 Å². The molecule has 0 radical (unpaired) electrons. The molecule has 2 nitrogen and oxygen atoms in total. The third-order valence-corrected chi connectivity index (χ3v) is 3.69. The van der Waals surface area contributed by atoms with Gasteiger partial charge in [-0.15, -0.1) is 0 Å². The quantitative estimate of drug-likeness (QED) is 0.710. The number of benzene rings is 1. The van der Waals surface area contributed by atoms with Gasteiger partial charge in [0.15, 0.2) is 0 Å². The Bertz CT molecular complexity index is 429. The van der Waals surface area contributed by atoms with E-state index in [4.69, 9.17) is 4.74 Å². The number of nitrogens with one attached hydrogen (secondary N) is 1. The van der Waals surface area contributed by atoms with Gasteiger partial charge in [-0.2, -0.15) is 0 Å². The van der Waals surface area contributed by atoms with Crippen LogP contribution in [0.15, 0.2) is 33.7 Å². The zero-order valence-electron chi connectivity index (χ0n) is 11.9. The molecule has 0 saturated carbocycles. The summed E-state index contributed by atoms with van der Waals surface area (Å²) >= 11 is 7.12. The van der Waals surface area contributed by atoms with E-state index in [0.29, 0.717) is 0 Å². The van der Waals surface area contributed by atoms with Gasteiger partial charge in [-0.1, -0.05) is 12.7 Å². The van der Waals surface area contributed by atoms with Crippen LogP contribution in [0.4, 0.5) is 0 Å². The van der Waals surface area contributed by atoms with Gasteiger partial charge in [-0.25, -0.2) is 0 Å². The van der Waals surface area contributed by atoms with Crippen LogP contribution in [0.1, 0.15) is 33.3 Å². The molecule has 0 spiro atoms. The molecule has 1 aromatic carbocycles. The molecule has 0 aliphatic carbocycles. The largest absolute Gasteiger partial charge is 0.484 e. The molecule has 1 aromatic rings. The van der Waals surface area contributed by atoms with Crippen LogP contribution in [-0.4, -0.2) is 11.6 Å². The van der Waals surface area contributed by atoms with Crippen molar-refractivity contribution in [2.45, 2.75) is 45.9 Å². The molecule has 0 aromatic heterocycles. The first kappa shape index (κ1) is 16.7. The highest BCUT2D eigenvalue weighted by Crippen LogP contribution is 2.35. The van der Waals surface area contributed by atoms with E-state index in [-0.39, 0.29) is 11.6 Å². The summed E-state index contributed by atoms with van der Waals surface area (Å²) in [5.74, 6) is 0.812. The lowest BCUT2D eigenvalue weighted by atomic mass is 10.1. The maximum absolute atomic E-state index is 5.79. The zero-order chi connectivity index (χ0) is 14.6. The van der Waals surface area contributed by atoms with Gasteiger partial charge < -0.3 is 10.1 Å². The maximum atomic E-state index is 5.79. The van der Waals surface area contributed by atoms with Crippen molar-refractivity contribution in [3.63, 3.8) is 0 Å². The van der Waals surface area contributed by atoms with Gasteiger partial charge in [0.05, 0.1) is 8.95 Å². The molecule has 0 amide bonds. The van der Waals surface area contributed by atoms with Crippen LogP contribution >= 0.6 is 31.9 Å². The average Bonchev–Trinajstić information content (AvgIpc) is 2.30. The Hall–Kier alpha value is -0.320. The van der Waals surface area contributed by atoms with Crippen molar-refractivity contribution in [1.29, 1.82) is 0 Å². The van der Waals surface area contributed by atoms with Crippen molar-refractivity contribution in [2.75, 3.05) is 0 Å². The van der Waals surface area contributed by atoms with Crippen molar-refractivity contribution in [3.8, 4) is 5.75 Å². The van der Waals surface area contributed by atoms with Crippen LogP contribution in [0.2, 0.25) is 0 Å². The van der Waals surface area contributed by atoms with Crippen molar-refractivity contribution in [1.82, 2.24) is 5.32 Å². The number of hydrogen-bond donors (Lipinski definition) is 1. The van der Waals surface area contributed by atoms with E-state index in [0.717, 1.165) is 21.2 Å². The van der Waals surface area contributed by atoms with Crippen molar-refractivity contribution < 1.29 is 4.74 Å². The Kier molecular flexibility index (Phi) is 6.09. The fourth-order valence-corrected chi connectivity index (χ4v) is 2.90. The van der Waals surface area contributed by atoms with Crippen molar-refractivity contribution >= 4 is 31.9 Å². The predicted molar refractivity (Wildman–Crippen MR) is 88.7 cm³/mol. The molecule has 1 N–H and O–H groups in total. The van der Waals surface area contributed by atoms with E-state index in [2.05, 4.69) is 76.7 Å². The summed E-state index contributed by atoms with van der Waals surface area (Å²) in [5.41, 5.74) is 1.30. The third-order valence-electron chi connectivity index (χ3n) is 2.52. The fraction of sp³-hybridized carbons (Fsp3) is 0.467. The lowest BCUT2D eigenvalue weighted by Crippen LogP contribution is -2.35. The number of ether oxygens (including phenoxy) is 1. The van der Waals surface area contributed by atoms with Gasteiger partial charge in [0, 0.05) is 12.1 Å².